The molecule has 0 atom stereocenters. The molecule has 0 aromatic heterocycles. The molecule has 3 aromatic rings. The molecule has 1 amide bonds. The zero-order chi connectivity index (χ0) is 22.8. The van der Waals surface area contributed by atoms with Crippen LogP contribution in [0.4, 0.5) is 11.4 Å². The lowest BCUT2D eigenvalue weighted by Crippen LogP contribution is -2.52. The van der Waals surface area contributed by atoms with Crippen LogP contribution >= 0.6 is 39.7 Å². The Labute approximate surface area is 203 Å². The Balaban J connectivity index is 1.45. The molecule has 0 bridgehead atoms. The summed E-state index contributed by atoms with van der Waals surface area (Å²) in [7, 11) is 0. The van der Waals surface area contributed by atoms with Gasteiger partial charge in [0.2, 0.25) is 0 Å². The van der Waals surface area contributed by atoms with Gasteiger partial charge in [-0.1, -0.05) is 57.9 Å². The van der Waals surface area contributed by atoms with Gasteiger partial charge in [0, 0.05) is 42.3 Å². The summed E-state index contributed by atoms with van der Waals surface area (Å²) in [6, 6.07) is 15.9. The van der Waals surface area contributed by atoms with E-state index in [1.54, 1.807) is 18.2 Å². The van der Waals surface area contributed by atoms with E-state index in [-0.39, 0.29) is 11.6 Å². The normalized spacial score (nSPS) is 13.8. The number of anilines is 1. The fraction of sp³-hybridized carbons (Fsp3) is 0.182. The summed E-state index contributed by atoms with van der Waals surface area (Å²) in [5, 5.41) is 16.7. The number of hydrogen-bond donors (Lipinski definition) is 1. The van der Waals surface area contributed by atoms with Gasteiger partial charge >= 0.3 is 0 Å². The van der Waals surface area contributed by atoms with Gasteiger partial charge < -0.3 is 9.80 Å². The topological polar surface area (TPSA) is 78.7 Å². The van der Waals surface area contributed by atoms with Crippen LogP contribution in [0.15, 0.2) is 59.1 Å². The number of amides is 1. The van der Waals surface area contributed by atoms with Crippen LogP contribution in [-0.4, -0.2) is 47.0 Å². The highest BCUT2D eigenvalue weighted by Crippen LogP contribution is 2.35. The highest BCUT2D eigenvalue weighted by atomic mass is 79.9. The smallest absolute Gasteiger partial charge is 0.294 e. The Morgan fingerprint density at radius 3 is 2.41 bits per heavy atom. The quantitative estimate of drug-likeness (QED) is 0.290. The van der Waals surface area contributed by atoms with E-state index < -0.39 is 4.92 Å². The first-order valence-corrected chi connectivity index (χ1v) is 11.4. The second kappa shape index (κ2) is 9.40. The zero-order valence-electron chi connectivity index (χ0n) is 16.8. The van der Waals surface area contributed by atoms with Crippen molar-refractivity contribution in [3.63, 3.8) is 0 Å². The van der Waals surface area contributed by atoms with Crippen molar-refractivity contribution in [2.75, 3.05) is 31.1 Å². The molecule has 164 valence electrons. The number of rotatable bonds is 3. The van der Waals surface area contributed by atoms with E-state index in [1.165, 1.54) is 6.07 Å². The SMILES string of the molecule is O=C(NC(=S)N1CCN(c2c(Cl)cccc2[N+](=O)[O-])CC1)c1cccc2c(Br)cccc12. The Morgan fingerprint density at radius 2 is 1.69 bits per heavy atom. The van der Waals surface area contributed by atoms with Crippen molar-refractivity contribution in [3.8, 4) is 0 Å². The maximum Gasteiger partial charge on any atom is 0.294 e. The fourth-order valence-electron chi connectivity index (χ4n) is 3.81. The molecule has 0 saturated carbocycles. The maximum atomic E-state index is 12.9. The number of nitro benzene ring substituents is 1. The van der Waals surface area contributed by atoms with Gasteiger partial charge in [-0.15, -0.1) is 0 Å². The minimum atomic E-state index is -0.430. The number of halogens is 2. The van der Waals surface area contributed by atoms with Crippen LogP contribution in [-0.2, 0) is 0 Å². The van der Waals surface area contributed by atoms with E-state index in [0.717, 1.165) is 15.2 Å². The van der Waals surface area contributed by atoms with E-state index in [0.29, 0.717) is 47.6 Å². The minimum Gasteiger partial charge on any atom is -0.361 e. The lowest BCUT2D eigenvalue weighted by atomic mass is 10.0. The van der Waals surface area contributed by atoms with Crippen LogP contribution < -0.4 is 10.2 Å². The molecule has 0 aliphatic carbocycles. The van der Waals surface area contributed by atoms with Crippen molar-refractivity contribution in [2.45, 2.75) is 0 Å². The standard InChI is InChI=1S/C22H18BrClN4O3S/c23-17-7-2-4-14-15(17)5-1-6-16(14)21(29)25-22(32)27-12-10-26(11-13-27)20-18(24)8-3-9-19(20)28(30)31/h1-9H,10-13H2,(H,25,29,32). The first-order valence-electron chi connectivity index (χ1n) is 9.82. The molecule has 32 heavy (non-hydrogen) atoms. The van der Waals surface area contributed by atoms with Crippen molar-refractivity contribution in [1.82, 2.24) is 10.2 Å². The summed E-state index contributed by atoms with van der Waals surface area (Å²) < 4.78 is 0.914. The molecule has 3 aromatic carbocycles. The predicted molar refractivity (Wildman–Crippen MR) is 134 cm³/mol. The van der Waals surface area contributed by atoms with E-state index in [2.05, 4.69) is 21.2 Å². The zero-order valence-corrected chi connectivity index (χ0v) is 19.9. The molecule has 10 heteroatoms. The molecule has 0 spiro atoms. The average Bonchev–Trinajstić information content (AvgIpc) is 2.79. The molecular formula is C22H18BrClN4O3S. The first kappa shape index (κ1) is 22.4. The molecule has 1 aliphatic heterocycles. The molecule has 7 nitrogen and oxygen atoms in total. The van der Waals surface area contributed by atoms with E-state index in [4.69, 9.17) is 23.8 Å². The van der Waals surface area contributed by atoms with Crippen LogP contribution in [0.1, 0.15) is 10.4 Å². The van der Waals surface area contributed by atoms with Crippen LogP contribution in [0, 0.1) is 10.1 Å². The van der Waals surface area contributed by atoms with Crippen molar-refractivity contribution in [2.24, 2.45) is 0 Å². The Bertz CT molecular complexity index is 1230. The fourth-order valence-corrected chi connectivity index (χ4v) is 4.87. The van der Waals surface area contributed by atoms with E-state index in [9.17, 15) is 14.9 Å². The summed E-state index contributed by atoms with van der Waals surface area (Å²) in [5.41, 5.74) is 0.926. The van der Waals surface area contributed by atoms with Crippen molar-refractivity contribution in [3.05, 3.63) is 79.8 Å². The van der Waals surface area contributed by atoms with Crippen LogP contribution in [0.3, 0.4) is 0 Å². The highest BCUT2D eigenvalue weighted by molar-refractivity contribution is 9.10. The average molecular weight is 534 g/mol. The first-order chi connectivity index (χ1) is 15.4. The number of carbonyl (C=O) groups is 1. The van der Waals surface area contributed by atoms with Gasteiger partial charge in [0.05, 0.1) is 9.95 Å². The second-order valence-corrected chi connectivity index (χ2v) is 8.89. The third kappa shape index (κ3) is 4.41. The monoisotopic (exact) mass is 532 g/mol. The molecule has 1 aliphatic rings. The predicted octanol–water partition coefficient (Wildman–Crippen LogP) is 5.00. The lowest BCUT2D eigenvalue weighted by molar-refractivity contribution is -0.384. The summed E-state index contributed by atoms with van der Waals surface area (Å²) in [6.07, 6.45) is 0. The van der Waals surface area contributed by atoms with Crippen molar-refractivity contribution < 1.29 is 9.72 Å². The van der Waals surface area contributed by atoms with Crippen LogP contribution in [0.25, 0.3) is 10.8 Å². The molecule has 0 radical (unpaired) electrons. The van der Waals surface area contributed by atoms with E-state index in [1.807, 2.05) is 40.1 Å². The Kier molecular flexibility index (Phi) is 6.59. The summed E-state index contributed by atoms with van der Waals surface area (Å²) >= 11 is 15.2. The maximum absolute atomic E-state index is 12.9. The number of para-hydroxylation sites is 1. The van der Waals surface area contributed by atoms with E-state index >= 15 is 0 Å². The van der Waals surface area contributed by atoms with Crippen molar-refractivity contribution in [1.29, 1.82) is 0 Å². The Morgan fingerprint density at radius 1 is 1.03 bits per heavy atom. The van der Waals surface area contributed by atoms with Crippen LogP contribution in [0.5, 0.6) is 0 Å². The third-order valence-electron chi connectivity index (χ3n) is 5.38. The summed E-state index contributed by atoms with van der Waals surface area (Å²) in [5.74, 6) is -0.275. The number of fused-ring (bicyclic) bond motifs is 1. The largest absolute Gasteiger partial charge is 0.361 e. The minimum absolute atomic E-state index is 0.0241. The molecule has 0 unspecified atom stereocenters. The number of nitro groups is 1. The number of thiocarbonyl (C=S) groups is 1. The Hall–Kier alpha value is -2.75. The molecule has 1 heterocycles. The number of piperazine rings is 1. The molecule has 4 rings (SSSR count). The van der Waals surface area contributed by atoms with Crippen molar-refractivity contribution >= 4 is 72.9 Å². The van der Waals surface area contributed by atoms with Gasteiger partial charge in [0.25, 0.3) is 11.6 Å². The number of hydrogen-bond acceptors (Lipinski definition) is 5. The second-order valence-electron chi connectivity index (χ2n) is 7.24. The molecule has 1 fully saturated rings. The van der Waals surface area contributed by atoms with Gasteiger partial charge in [-0.25, -0.2) is 0 Å². The molecule has 1 saturated heterocycles. The van der Waals surface area contributed by atoms with Crippen LogP contribution in [0.2, 0.25) is 5.02 Å². The summed E-state index contributed by atoms with van der Waals surface area (Å²) in [4.78, 5) is 27.7. The lowest BCUT2D eigenvalue weighted by Gasteiger charge is -2.37. The molecule has 1 N–H and O–H groups in total. The third-order valence-corrected chi connectivity index (χ3v) is 6.74. The number of benzene rings is 3. The highest BCUT2D eigenvalue weighted by Gasteiger charge is 2.27. The number of carbonyl (C=O) groups excluding carboxylic acids is 1. The van der Waals surface area contributed by atoms with Gasteiger partial charge in [0.1, 0.15) is 5.69 Å². The van der Waals surface area contributed by atoms with Gasteiger partial charge in [-0.2, -0.15) is 0 Å². The summed E-state index contributed by atoms with van der Waals surface area (Å²) in [6.45, 7) is 1.98. The van der Waals surface area contributed by atoms with Gasteiger partial charge in [-0.3, -0.25) is 20.2 Å². The number of nitrogens with zero attached hydrogens (tertiary/aromatic N) is 3. The van der Waals surface area contributed by atoms with Gasteiger partial charge in [-0.05, 0) is 41.2 Å². The number of nitrogens with one attached hydrogen (secondary N) is 1. The van der Waals surface area contributed by atoms with Gasteiger partial charge in [0.15, 0.2) is 5.11 Å². The molecular weight excluding hydrogens is 516 g/mol.